The van der Waals surface area contributed by atoms with Crippen LogP contribution in [0, 0.1) is 0 Å². The Hall–Kier alpha value is -3.23. The summed E-state index contributed by atoms with van der Waals surface area (Å²) in [4.78, 5) is 36.8. The summed E-state index contributed by atoms with van der Waals surface area (Å²) >= 11 is 0. The number of carboxylic acid groups (broad SMARTS) is 1. The third kappa shape index (κ3) is 34.3. The number of quaternary nitrogens is 1. The Bertz CT molecular complexity index is 1100. The molecule has 0 aromatic rings. The van der Waals surface area contributed by atoms with Crippen LogP contribution >= 0.6 is 0 Å². The zero-order valence-corrected chi connectivity index (χ0v) is 34.2. The van der Waals surface area contributed by atoms with Crippen molar-refractivity contribution in [2.45, 2.75) is 154 Å². The molecular weight excluding hydrogens is 666 g/mol. The Morgan fingerprint density at radius 1 is 0.585 bits per heavy atom. The van der Waals surface area contributed by atoms with E-state index in [-0.39, 0.29) is 42.7 Å². The van der Waals surface area contributed by atoms with Crippen LogP contribution in [-0.2, 0) is 28.6 Å². The largest absolute Gasteiger partial charge is 0.544 e. The molecule has 0 spiro atoms. The molecule has 0 bridgehead atoms. The van der Waals surface area contributed by atoms with Gasteiger partial charge in [-0.15, -0.1) is 0 Å². The van der Waals surface area contributed by atoms with E-state index in [2.05, 4.69) is 74.6 Å². The zero-order chi connectivity index (χ0) is 39.3. The van der Waals surface area contributed by atoms with Gasteiger partial charge >= 0.3 is 11.9 Å². The lowest BCUT2D eigenvalue weighted by atomic mass is 10.1. The van der Waals surface area contributed by atoms with E-state index in [1.807, 2.05) is 12.2 Å². The molecule has 0 aliphatic heterocycles. The predicted molar refractivity (Wildman–Crippen MR) is 217 cm³/mol. The molecule has 0 aliphatic rings. The number of unbranched alkanes of at least 4 members (excludes halogenated alkanes) is 11. The summed E-state index contributed by atoms with van der Waals surface area (Å²) < 4.78 is 17.1. The van der Waals surface area contributed by atoms with Crippen molar-refractivity contribution in [1.82, 2.24) is 0 Å². The summed E-state index contributed by atoms with van der Waals surface area (Å²) in [7, 11) is 5.38. The van der Waals surface area contributed by atoms with E-state index in [9.17, 15) is 19.5 Å². The summed E-state index contributed by atoms with van der Waals surface area (Å²) in [5.41, 5.74) is 0. The highest BCUT2D eigenvalue weighted by Crippen LogP contribution is 2.13. The van der Waals surface area contributed by atoms with Crippen molar-refractivity contribution in [2.24, 2.45) is 0 Å². The van der Waals surface area contributed by atoms with Gasteiger partial charge in [0.05, 0.1) is 40.3 Å². The number of hydrogen-bond acceptors (Lipinski definition) is 7. The van der Waals surface area contributed by atoms with Gasteiger partial charge < -0.3 is 28.6 Å². The topological polar surface area (TPSA) is 102 Å². The van der Waals surface area contributed by atoms with E-state index in [0.29, 0.717) is 12.8 Å². The number of likely N-dealkylation sites (N-methyl/N-ethyl adjacent to an activating group) is 1. The molecule has 0 radical (unpaired) electrons. The van der Waals surface area contributed by atoms with E-state index in [1.165, 1.54) is 12.8 Å². The van der Waals surface area contributed by atoms with Crippen LogP contribution < -0.4 is 5.11 Å². The predicted octanol–water partition coefficient (Wildman–Crippen LogP) is 9.46. The van der Waals surface area contributed by atoms with Crippen LogP contribution in [0.3, 0.4) is 0 Å². The fourth-order valence-corrected chi connectivity index (χ4v) is 5.49. The summed E-state index contributed by atoms with van der Waals surface area (Å²) in [6.45, 7) is 4.36. The Kier molecular flexibility index (Phi) is 33.6. The van der Waals surface area contributed by atoms with E-state index in [4.69, 9.17) is 14.2 Å². The molecular formula is C45H75NO7. The third-order valence-corrected chi connectivity index (χ3v) is 8.65. The van der Waals surface area contributed by atoms with Gasteiger partial charge in [0.1, 0.15) is 12.6 Å². The minimum atomic E-state index is -1.13. The SMILES string of the molecule is CC/C=C/C=C/C=C/CCCCCCCC(=O)OCC(COCCC(C(=O)[O-])[N+](C)(C)C)OC(=O)CCCCCCCC/C=C/C/C=C/C/C=C/CC. The first kappa shape index (κ1) is 49.8. The van der Waals surface area contributed by atoms with Gasteiger partial charge in [0.25, 0.3) is 0 Å². The van der Waals surface area contributed by atoms with Gasteiger partial charge in [0, 0.05) is 19.3 Å². The molecule has 8 heteroatoms. The quantitative estimate of drug-likeness (QED) is 0.0210. The number of carbonyl (C=O) groups excluding carboxylic acids is 3. The van der Waals surface area contributed by atoms with E-state index >= 15 is 0 Å². The van der Waals surface area contributed by atoms with Crippen molar-refractivity contribution in [3.63, 3.8) is 0 Å². The van der Waals surface area contributed by atoms with Gasteiger partial charge in [0.15, 0.2) is 6.10 Å². The highest BCUT2D eigenvalue weighted by atomic mass is 16.6. The average Bonchev–Trinajstić information content (AvgIpc) is 3.11. The second kappa shape index (κ2) is 35.8. The second-order valence-electron chi connectivity index (χ2n) is 14.5. The smallest absolute Gasteiger partial charge is 0.306 e. The lowest BCUT2D eigenvalue weighted by Gasteiger charge is -2.34. The van der Waals surface area contributed by atoms with Crippen LogP contribution in [0.1, 0.15) is 142 Å². The number of aliphatic carboxylic acids is 1. The molecule has 0 saturated heterocycles. The van der Waals surface area contributed by atoms with Crippen molar-refractivity contribution in [2.75, 3.05) is 41.0 Å². The van der Waals surface area contributed by atoms with Crippen molar-refractivity contribution < 1.29 is 38.2 Å². The summed E-state index contributed by atoms with van der Waals surface area (Å²) in [6, 6.07) is -0.734. The standard InChI is InChI=1S/C45H75NO7/c1-6-8-10-12-14-16-18-20-21-22-24-26-28-30-32-34-36-44(48)53-41(39-51-38-37-42(45(49)50)46(3,4)5)40-52-43(47)35-33-31-29-27-25-23-19-17-15-13-11-9-7-2/h8-11,13-17,19-21,41-42H,6-7,12,18,22-40H2,1-5H3/b10-8+,11-9+,15-13+,16-14+,19-17+,21-20+. The lowest BCUT2D eigenvalue weighted by molar-refractivity contribution is -0.889. The van der Waals surface area contributed by atoms with Crippen LogP contribution in [0.2, 0.25) is 0 Å². The number of rotatable bonds is 35. The van der Waals surface area contributed by atoms with E-state index in [0.717, 1.165) is 96.3 Å². The molecule has 0 saturated carbocycles. The molecule has 0 aliphatic carbocycles. The summed E-state index contributed by atoms with van der Waals surface area (Å²) in [6.07, 6.45) is 43.5. The van der Waals surface area contributed by atoms with Gasteiger partial charge in [-0.1, -0.05) is 132 Å². The van der Waals surface area contributed by atoms with Crippen molar-refractivity contribution in [1.29, 1.82) is 0 Å². The molecule has 0 amide bonds. The maximum atomic E-state index is 12.7. The van der Waals surface area contributed by atoms with E-state index < -0.39 is 18.1 Å². The van der Waals surface area contributed by atoms with Crippen molar-refractivity contribution in [3.05, 3.63) is 72.9 Å². The average molecular weight is 742 g/mol. The van der Waals surface area contributed by atoms with Gasteiger partial charge in [-0.05, 0) is 64.2 Å². The molecule has 53 heavy (non-hydrogen) atoms. The van der Waals surface area contributed by atoms with Gasteiger partial charge in [-0.2, -0.15) is 0 Å². The normalized spacial score (nSPS) is 13.8. The molecule has 2 unspecified atom stereocenters. The van der Waals surface area contributed by atoms with Crippen molar-refractivity contribution in [3.8, 4) is 0 Å². The third-order valence-electron chi connectivity index (χ3n) is 8.65. The van der Waals surface area contributed by atoms with Crippen molar-refractivity contribution >= 4 is 17.9 Å². The second-order valence-corrected chi connectivity index (χ2v) is 14.5. The minimum absolute atomic E-state index is 0.0244. The lowest BCUT2D eigenvalue weighted by Crippen LogP contribution is -2.55. The molecule has 0 aromatic heterocycles. The van der Waals surface area contributed by atoms with Gasteiger partial charge in [-0.3, -0.25) is 9.59 Å². The number of nitrogens with zero attached hydrogens (tertiary/aromatic N) is 1. The van der Waals surface area contributed by atoms with Crippen LogP contribution in [0.15, 0.2) is 72.9 Å². The van der Waals surface area contributed by atoms with E-state index in [1.54, 1.807) is 21.1 Å². The molecule has 0 aromatic carbocycles. The number of esters is 2. The number of hydrogen-bond donors (Lipinski definition) is 0. The maximum Gasteiger partial charge on any atom is 0.306 e. The minimum Gasteiger partial charge on any atom is -0.544 e. The Labute approximate surface area is 323 Å². The Balaban J connectivity index is 4.45. The molecule has 302 valence electrons. The number of ether oxygens (including phenoxy) is 3. The molecule has 0 heterocycles. The maximum absolute atomic E-state index is 12.7. The Morgan fingerprint density at radius 3 is 1.68 bits per heavy atom. The monoisotopic (exact) mass is 742 g/mol. The highest BCUT2D eigenvalue weighted by Gasteiger charge is 2.25. The fourth-order valence-electron chi connectivity index (χ4n) is 5.49. The van der Waals surface area contributed by atoms with Crippen LogP contribution in [0.4, 0.5) is 0 Å². The van der Waals surface area contributed by atoms with Crippen LogP contribution in [-0.4, -0.2) is 75.5 Å². The zero-order valence-electron chi connectivity index (χ0n) is 34.2. The van der Waals surface area contributed by atoms with Crippen LogP contribution in [0.5, 0.6) is 0 Å². The molecule has 8 nitrogen and oxygen atoms in total. The molecule has 0 fully saturated rings. The molecule has 0 N–H and O–H groups in total. The highest BCUT2D eigenvalue weighted by molar-refractivity contribution is 5.70. The summed E-state index contributed by atoms with van der Waals surface area (Å²) in [5.74, 6) is -1.79. The fraction of sp³-hybridized carbons (Fsp3) is 0.667. The number of carbonyl (C=O) groups is 3. The number of allylic oxidation sites excluding steroid dienone is 12. The van der Waals surface area contributed by atoms with Gasteiger partial charge in [-0.25, -0.2) is 0 Å². The van der Waals surface area contributed by atoms with Gasteiger partial charge in [0.2, 0.25) is 0 Å². The molecule has 0 rings (SSSR count). The van der Waals surface area contributed by atoms with Crippen LogP contribution in [0.25, 0.3) is 0 Å². The Morgan fingerprint density at radius 2 is 1.09 bits per heavy atom. The summed E-state index contributed by atoms with van der Waals surface area (Å²) in [5, 5.41) is 11.6. The molecule has 2 atom stereocenters. The first-order chi connectivity index (χ1) is 25.6. The first-order valence-electron chi connectivity index (χ1n) is 20.5. The first-order valence-corrected chi connectivity index (χ1v) is 20.5. The number of carboxylic acids is 1.